The monoisotopic (exact) mass is 269 g/mol. The first-order valence-corrected chi connectivity index (χ1v) is 7.76. The van der Waals surface area contributed by atoms with E-state index in [0.29, 0.717) is 0 Å². The van der Waals surface area contributed by atoms with Gasteiger partial charge in [0.15, 0.2) is 0 Å². The summed E-state index contributed by atoms with van der Waals surface area (Å²) in [5, 5.41) is 5.22. The van der Waals surface area contributed by atoms with E-state index in [4.69, 9.17) is 11.6 Å². The molecule has 1 unspecified atom stereocenters. The first-order valence-electron chi connectivity index (χ1n) is 6.33. The highest BCUT2D eigenvalue weighted by Gasteiger charge is 2.12. The summed E-state index contributed by atoms with van der Waals surface area (Å²) in [7, 11) is 0. The summed E-state index contributed by atoms with van der Waals surface area (Å²) in [5.74, 6) is 1.34. The van der Waals surface area contributed by atoms with Crippen LogP contribution < -0.4 is 5.32 Å². The predicted octanol–water partition coefficient (Wildman–Crippen LogP) is 4.02. The molecule has 17 heavy (non-hydrogen) atoms. The Kier molecular flexibility index (Phi) is 5.20. The van der Waals surface area contributed by atoms with Crippen LogP contribution in [0, 0.1) is 6.92 Å². The van der Waals surface area contributed by atoms with Gasteiger partial charge in [0.1, 0.15) is 0 Å². The van der Waals surface area contributed by atoms with E-state index in [2.05, 4.69) is 35.3 Å². The molecule has 1 fully saturated rings. The summed E-state index contributed by atoms with van der Waals surface area (Å²) in [4.78, 5) is 0. The number of rotatable bonds is 4. The van der Waals surface area contributed by atoms with Crippen molar-refractivity contribution in [3.63, 3.8) is 0 Å². The van der Waals surface area contributed by atoms with Gasteiger partial charge in [0.2, 0.25) is 0 Å². The molecule has 1 atom stereocenters. The Morgan fingerprint density at radius 3 is 3.00 bits per heavy atom. The second-order valence-electron chi connectivity index (χ2n) is 4.70. The molecule has 0 spiro atoms. The number of benzene rings is 1. The fraction of sp³-hybridized carbons (Fsp3) is 0.571. The van der Waals surface area contributed by atoms with Crippen molar-refractivity contribution in [3.8, 4) is 0 Å². The summed E-state index contributed by atoms with van der Waals surface area (Å²) >= 11 is 8.22. The van der Waals surface area contributed by atoms with Crippen molar-refractivity contribution >= 4 is 23.4 Å². The maximum absolute atomic E-state index is 6.11. The molecule has 2 rings (SSSR count). The summed E-state index contributed by atoms with van der Waals surface area (Å²) in [6.07, 6.45) is 4.16. The lowest BCUT2D eigenvalue weighted by atomic mass is 10.1. The third kappa shape index (κ3) is 4.20. The lowest BCUT2D eigenvalue weighted by molar-refractivity contribution is 0.598. The van der Waals surface area contributed by atoms with E-state index in [-0.39, 0.29) is 0 Å². The van der Waals surface area contributed by atoms with Gasteiger partial charge in [-0.1, -0.05) is 30.2 Å². The maximum atomic E-state index is 6.11. The van der Waals surface area contributed by atoms with Gasteiger partial charge in [0, 0.05) is 23.4 Å². The maximum Gasteiger partial charge on any atom is 0.0438 e. The molecule has 0 radical (unpaired) electrons. The van der Waals surface area contributed by atoms with Crippen molar-refractivity contribution in [1.29, 1.82) is 0 Å². The average molecular weight is 270 g/mol. The van der Waals surface area contributed by atoms with Gasteiger partial charge in [-0.25, -0.2) is 0 Å². The van der Waals surface area contributed by atoms with Crippen LogP contribution in [-0.4, -0.2) is 17.5 Å². The highest BCUT2D eigenvalue weighted by molar-refractivity contribution is 7.99. The largest absolute Gasteiger partial charge is 0.312 e. The molecule has 1 aliphatic rings. The molecule has 1 aromatic rings. The van der Waals surface area contributed by atoms with E-state index in [1.807, 2.05) is 6.92 Å². The van der Waals surface area contributed by atoms with Gasteiger partial charge in [-0.05, 0) is 42.7 Å². The van der Waals surface area contributed by atoms with Gasteiger partial charge in [0.25, 0.3) is 0 Å². The molecule has 3 heteroatoms. The third-order valence-electron chi connectivity index (χ3n) is 3.21. The van der Waals surface area contributed by atoms with Gasteiger partial charge in [0.05, 0.1) is 0 Å². The molecule has 0 saturated carbocycles. The Morgan fingerprint density at radius 2 is 2.29 bits per heavy atom. The van der Waals surface area contributed by atoms with Crippen molar-refractivity contribution in [1.82, 2.24) is 5.32 Å². The first kappa shape index (κ1) is 13.3. The van der Waals surface area contributed by atoms with Crippen LogP contribution >= 0.6 is 23.4 Å². The average Bonchev–Trinajstić information content (AvgIpc) is 2.35. The normalized spacial score (nSPS) is 20.5. The molecule has 1 heterocycles. The smallest absolute Gasteiger partial charge is 0.0438 e. The van der Waals surface area contributed by atoms with Gasteiger partial charge in [-0.2, -0.15) is 11.8 Å². The Balaban J connectivity index is 1.75. The minimum absolute atomic E-state index is 0.810. The SMILES string of the molecule is Cc1ccc(CNCC2CCCCS2)cc1Cl. The van der Waals surface area contributed by atoms with Crippen molar-refractivity contribution in [2.75, 3.05) is 12.3 Å². The molecule has 0 aliphatic carbocycles. The van der Waals surface area contributed by atoms with Gasteiger partial charge < -0.3 is 5.32 Å². The molecule has 1 N–H and O–H groups in total. The fourth-order valence-electron chi connectivity index (χ4n) is 2.09. The minimum atomic E-state index is 0.810. The first-order chi connectivity index (χ1) is 8.25. The standard InChI is InChI=1S/C14H20ClNS/c1-11-5-6-12(8-14(11)15)9-16-10-13-4-2-3-7-17-13/h5-6,8,13,16H,2-4,7,9-10H2,1H3. The molecule has 94 valence electrons. The van der Waals surface area contributed by atoms with Crippen molar-refractivity contribution in [3.05, 3.63) is 34.3 Å². The summed E-state index contributed by atoms with van der Waals surface area (Å²) in [5.41, 5.74) is 2.43. The van der Waals surface area contributed by atoms with E-state index >= 15 is 0 Å². The summed E-state index contributed by atoms with van der Waals surface area (Å²) in [6, 6.07) is 6.31. The fourth-order valence-corrected chi connectivity index (χ4v) is 3.57. The molecular formula is C14H20ClNS. The van der Waals surface area contributed by atoms with E-state index in [1.165, 1.54) is 30.6 Å². The zero-order valence-electron chi connectivity index (χ0n) is 10.3. The molecule has 1 nitrogen and oxygen atoms in total. The van der Waals surface area contributed by atoms with Crippen LogP contribution in [0.15, 0.2) is 18.2 Å². The number of hydrogen-bond donors (Lipinski definition) is 1. The zero-order chi connectivity index (χ0) is 12.1. The number of aryl methyl sites for hydroxylation is 1. The number of halogens is 1. The van der Waals surface area contributed by atoms with Crippen LogP contribution in [0.3, 0.4) is 0 Å². The Bertz CT molecular complexity index is 361. The Labute approximate surface area is 113 Å². The highest BCUT2D eigenvalue weighted by atomic mass is 35.5. The summed E-state index contributed by atoms with van der Waals surface area (Å²) < 4.78 is 0. The van der Waals surface area contributed by atoms with E-state index in [0.717, 1.165) is 28.9 Å². The zero-order valence-corrected chi connectivity index (χ0v) is 11.9. The molecule has 1 saturated heterocycles. The molecule has 1 aliphatic heterocycles. The quantitative estimate of drug-likeness (QED) is 0.886. The van der Waals surface area contributed by atoms with Crippen LogP contribution in [0.2, 0.25) is 5.02 Å². The van der Waals surface area contributed by atoms with Crippen LogP contribution in [0.1, 0.15) is 30.4 Å². The second-order valence-corrected chi connectivity index (χ2v) is 6.52. The van der Waals surface area contributed by atoms with Crippen LogP contribution in [0.5, 0.6) is 0 Å². The molecule has 1 aromatic carbocycles. The van der Waals surface area contributed by atoms with Crippen molar-refractivity contribution < 1.29 is 0 Å². The summed E-state index contributed by atoms with van der Waals surface area (Å²) in [6.45, 7) is 4.09. The lowest BCUT2D eigenvalue weighted by Crippen LogP contribution is -2.26. The molecular weight excluding hydrogens is 250 g/mol. The topological polar surface area (TPSA) is 12.0 Å². The second kappa shape index (κ2) is 6.67. The van der Waals surface area contributed by atoms with Crippen LogP contribution in [-0.2, 0) is 6.54 Å². The van der Waals surface area contributed by atoms with E-state index in [1.54, 1.807) is 0 Å². The highest BCUT2D eigenvalue weighted by Crippen LogP contribution is 2.24. The molecule has 0 amide bonds. The molecule has 0 bridgehead atoms. The number of hydrogen-bond acceptors (Lipinski definition) is 2. The van der Waals surface area contributed by atoms with Gasteiger partial charge in [-0.3, -0.25) is 0 Å². The minimum Gasteiger partial charge on any atom is -0.312 e. The molecule has 0 aromatic heterocycles. The lowest BCUT2D eigenvalue weighted by Gasteiger charge is -2.21. The third-order valence-corrected chi connectivity index (χ3v) is 5.02. The van der Waals surface area contributed by atoms with Gasteiger partial charge >= 0.3 is 0 Å². The van der Waals surface area contributed by atoms with Crippen LogP contribution in [0.25, 0.3) is 0 Å². The Hall–Kier alpha value is -0.180. The number of nitrogens with one attached hydrogen (secondary N) is 1. The van der Waals surface area contributed by atoms with E-state index in [9.17, 15) is 0 Å². The number of thioether (sulfide) groups is 1. The Morgan fingerprint density at radius 1 is 1.41 bits per heavy atom. The predicted molar refractivity (Wildman–Crippen MR) is 78.0 cm³/mol. The van der Waals surface area contributed by atoms with Crippen molar-refractivity contribution in [2.45, 2.75) is 38.0 Å². The van der Waals surface area contributed by atoms with Crippen molar-refractivity contribution in [2.24, 2.45) is 0 Å². The van der Waals surface area contributed by atoms with Gasteiger partial charge in [-0.15, -0.1) is 0 Å². The van der Waals surface area contributed by atoms with E-state index < -0.39 is 0 Å². The van der Waals surface area contributed by atoms with Crippen LogP contribution in [0.4, 0.5) is 0 Å².